The number of aliphatic hydroxyl groups excluding tert-OH is 1. The van der Waals surface area contributed by atoms with Gasteiger partial charge in [-0.2, -0.15) is 0 Å². The second kappa shape index (κ2) is 6.39. The molecule has 0 heterocycles. The summed E-state index contributed by atoms with van der Waals surface area (Å²) in [6.45, 7) is 0.710. The fourth-order valence-electron chi connectivity index (χ4n) is 2.28. The zero-order valence-electron chi connectivity index (χ0n) is 8.54. The van der Waals surface area contributed by atoms with E-state index in [2.05, 4.69) is 0 Å². The summed E-state index contributed by atoms with van der Waals surface area (Å²) in [5.74, 6) is 0.793. The van der Waals surface area contributed by atoms with Crippen molar-refractivity contribution >= 4 is 0 Å². The third-order valence-corrected chi connectivity index (χ3v) is 3.07. The molecule has 1 aliphatic rings. The third kappa shape index (κ3) is 4.63. The van der Waals surface area contributed by atoms with Crippen molar-refractivity contribution in [1.29, 1.82) is 0 Å². The average molecular weight is 185 g/mol. The molecule has 78 valence electrons. The van der Waals surface area contributed by atoms with E-state index in [4.69, 9.17) is 5.73 Å². The molecule has 2 heteroatoms. The van der Waals surface area contributed by atoms with Crippen molar-refractivity contribution in [2.24, 2.45) is 11.7 Å². The molecule has 0 bridgehead atoms. The normalized spacial score (nSPS) is 21.7. The predicted molar refractivity (Wildman–Crippen MR) is 55.5 cm³/mol. The van der Waals surface area contributed by atoms with Crippen molar-refractivity contribution < 1.29 is 5.11 Å². The lowest BCUT2D eigenvalue weighted by Gasteiger charge is -2.23. The summed E-state index contributed by atoms with van der Waals surface area (Å²) < 4.78 is 0. The highest BCUT2D eigenvalue weighted by molar-refractivity contribution is 4.69. The Labute approximate surface area is 81.5 Å². The van der Waals surface area contributed by atoms with Crippen LogP contribution in [-0.2, 0) is 0 Å². The molecule has 1 atom stereocenters. The van der Waals surface area contributed by atoms with Crippen molar-refractivity contribution in [2.45, 2.75) is 57.5 Å². The molecule has 0 aromatic heterocycles. The van der Waals surface area contributed by atoms with Crippen LogP contribution in [0.5, 0.6) is 0 Å². The van der Waals surface area contributed by atoms with E-state index < -0.39 is 0 Å². The van der Waals surface area contributed by atoms with Crippen molar-refractivity contribution in [3.63, 3.8) is 0 Å². The Kier molecular flexibility index (Phi) is 5.40. The third-order valence-electron chi connectivity index (χ3n) is 3.07. The monoisotopic (exact) mass is 185 g/mol. The van der Waals surface area contributed by atoms with Gasteiger partial charge < -0.3 is 10.8 Å². The number of nitrogens with two attached hydrogens (primary N) is 1. The first-order chi connectivity index (χ1) is 6.33. The number of hydrogen-bond acceptors (Lipinski definition) is 2. The summed E-state index contributed by atoms with van der Waals surface area (Å²) in [6, 6.07) is 0. The van der Waals surface area contributed by atoms with Crippen molar-refractivity contribution in [2.75, 3.05) is 6.54 Å². The molecule has 1 unspecified atom stereocenters. The van der Waals surface area contributed by atoms with Gasteiger partial charge in [0.1, 0.15) is 0 Å². The zero-order chi connectivity index (χ0) is 9.52. The number of hydrogen-bond donors (Lipinski definition) is 2. The molecule has 1 rings (SSSR count). The van der Waals surface area contributed by atoms with Crippen LogP contribution < -0.4 is 5.73 Å². The SMILES string of the molecule is NCCCC(O)CC1CCCCC1. The van der Waals surface area contributed by atoms with Crippen LogP contribution in [-0.4, -0.2) is 17.8 Å². The van der Waals surface area contributed by atoms with E-state index in [-0.39, 0.29) is 6.10 Å². The van der Waals surface area contributed by atoms with Crippen LogP contribution in [0.4, 0.5) is 0 Å². The fourth-order valence-corrected chi connectivity index (χ4v) is 2.28. The maximum atomic E-state index is 9.68. The highest BCUT2D eigenvalue weighted by atomic mass is 16.3. The van der Waals surface area contributed by atoms with Gasteiger partial charge in [0, 0.05) is 0 Å². The van der Waals surface area contributed by atoms with E-state index >= 15 is 0 Å². The van der Waals surface area contributed by atoms with Crippen LogP contribution in [0.1, 0.15) is 51.4 Å². The summed E-state index contributed by atoms with van der Waals surface area (Å²) in [4.78, 5) is 0. The number of rotatable bonds is 5. The molecule has 0 spiro atoms. The van der Waals surface area contributed by atoms with E-state index in [1.165, 1.54) is 32.1 Å². The van der Waals surface area contributed by atoms with Gasteiger partial charge in [-0.1, -0.05) is 32.1 Å². The molecule has 0 aromatic rings. The molecule has 1 aliphatic carbocycles. The standard InChI is InChI=1S/C11H23NO/c12-8-4-7-11(13)9-10-5-2-1-3-6-10/h10-11,13H,1-9,12H2. The minimum Gasteiger partial charge on any atom is -0.393 e. The predicted octanol–water partition coefficient (Wildman–Crippen LogP) is 2.06. The topological polar surface area (TPSA) is 46.2 Å². The van der Waals surface area contributed by atoms with E-state index in [1.807, 2.05) is 0 Å². The Morgan fingerprint density at radius 1 is 1.23 bits per heavy atom. The smallest absolute Gasteiger partial charge is 0.0543 e. The molecule has 1 saturated carbocycles. The Morgan fingerprint density at radius 2 is 1.92 bits per heavy atom. The number of aliphatic hydroxyl groups is 1. The second-order valence-corrected chi connectivity index (χ2v) is 4.32. The lowest BCUT2D eigenvalue weighted by Crippen LogP contribution is -2.17. The lowest BCUT2D eigenvalue weighted by molar-refractivity contribution is 0.120. The second-order valence-electron chi connectivity index (χ2n) is 4.32. The maximum Gasteiger partial charge on any atom is 0.0543 e. The first-order valence-corrected chi connectivity index (χ1v) is 5.71. The van der Waals surface area contributed by atoms with Gasteiger partial charge in [0.15, 0.2) is 0 Å². The van der Waals surface area contributed by atoms with Gasteiger partial charge in [0.05, 0.1) is 6.10 Å². The molecule has 0 amide bonds. The van der Waals surface area contributed by atoms with E-state index in [1.54, 1.807) is 0 Å². The molecular weight excluding hydrogens is 162 g/mol. The van der Waals surface area contributed by atoms with Crippen LogP contribution in [0.15, 0.2) is 0 Å². The summed E-state index contributed by atoms with van der Waals surface area (Å²) in [5, 5.41) is 9.68. The van der Waals surface area contributed by atoms with E-state index in [0.29, 0.717) is 6.54 Å². The lowest BCUT2D eigenvalue weighted by atomic mass is 9.85. The molecule has 1 fully saturated rings. The molecule has 13 heavy (non-hydrogen) atoms. The summed E-state index contributed by atoms with van der Waals surface area (Å²) in [7, 11) is 0. The highest BCUT2D eigenvalue weighted by Crippen LogP contribution is 2.27. The average Bonchev–Trinajstić information content (AvgIpc) is 2.16. The molecule has 0 aliphatic heterocycles. The summed E-state index contributed by atoms with van der Waals surface area (Å²) in [5.41, 5.74) is 5.40. The van der Waals surface area contributed by atoms with Gasteiger partial charge in [-0.25, -0.2) is 0 Å². The fraction of sp³-hybridized carbons (Fsp3) is 1.00. The minimum absolute atomic E-state index is 0.0911. The van der Waals surface area contributed by atoms with Gasteiger partial charge >= 0.3 is 0 Å². The highest BCUT2D eigenvalue weighted by Gasteiger charge is 2.16. The van der Waals surface area contributed by atoms with E-state index in [0.717, 1.165) is 25.2 Å². The Balaban J connectivity index is 2.07. The van der Waals surface area contributed by atoms with Crippen LogP contribution in [0, 0.1) is 5.92 Å². The van der Waals surface area contributed by atoms with Gasteiger partial charge in [-0.3, -0.25) is 0 Å². The Hall–Kier alpha value is -0.0800. The minimum atomic E-state index is -0.0911. The van der Waals surface area contributed by atoms with E-state index in [9.17, 15) is 5.11 Å². The molecule has 0 saturated heterocycles. The largest absolute Gasteiger partial charge is 0.393 e. The maximum absolute atomic E-state index is 9.68. The quantitative estimate of drug-likeness (QED) is 0.688. The van der Waals surface area contributed by atoms with Gasteiger partial charge in [0.25, 0.3) is 0 Å². The Morgan fingerprint density at radius 3 is 2.54 bits per heavy atom. The first-order valence-electron chi connectivity index (χ1n) is 5.71. The molecule has 0 radical (unpaired) electrons. The summed E-state index contributed by atoms with van der Waals surface area (Å²) >= 11 is 0. The van der Waals surface area contributed by atoms with Gasteiger partial charge in [-0.05, 0) is 31.7 Å². The van der Waals surface area contributed by atoms with Gasteiger partial charge in [0.2, 0.25) is 0 Å². The molecule has 0 aromatic carbocycles. The van der Waals surface area contributed by atoms with Gasteiger partial charge in [-0.15, -0.1) is 0 Å². The molecule has 3 N–H and O–H groups in total. The van der Waals surface area contributed by atoms with Crippen LogP contribution in [0.3, 0.4) is 0 Å². The Bertz CT molecular complexity index is 121. The van der Waals surface area contributed by atoms with Crippen LogP contribution in [0.2, 0.25) is 0 Å². The van der Waals surface area contributed by atoms with Crippen molar-refractivity contribution in [3.05, 3.63) is 0 Å². The first kappa shape index (κ1) is 11.0. The summed E-state index contributed by atoms with van der Waals surface area (Å²) in [6.07, 6.45) is 9.59. The van der Waals surface area contributed by atoms with Crippen molar-refractivity contribution in [1.82, 2.24) is 0 Å². The zero-order valence-corrected chi connectivity index (χ0v) is 8.54. The van der Waals surface area contributed by atoms with Crippen LogP contribution >= 0.6 is 0 Å². The molecular formula is C11H23NO. The molecule has 2 nitrogen and oxygen atoms in total. The van der Waals surface area contributed by atoms with Crippen molar-refractivity contribution in [3.8, 4) is 0 Å². The van der Waals surface area contributed by atoms with Crippen LogP contribution in [0.25, 0.3) is 0 Å².